The lowest BCUT2D eigenvalue weighted by Crippen LogP contribution is -2.39. The van der Waals surface area contributed by atoms with E-state index in [1.165, 1.54) is 16.7 Å². The van der Waals surface area contributed by atoms with Crippen LogP contribution in [0.3, 0.4) is 0 Å². The Kier molecular flexibility index (Phi) is 6.45. The fourth-order valence-corrected chi connectivity index (χ4v) is 2.56. The van der Waals surface area contributed by atoms with E-state index in [1.807, 2.05) is 18.9 Å². The minimum absolute atomic E-state index is 0.0944. The minimum atomic E-state index is -0.271. The average Bonchev–Trinajstić information content (AvgIpc) is 2.56. The molecule has 1 aromatic heterocycles. The quantitative estimate of drug-likeness (QED) is 0.803. The summed E-state index contributed by atoms with van der Waals surface area (Å²) >= 11 is 7.50. The largest absolute Gasteiger partial charge is 0.309 e. The molecule has 0 saturated heterocycles. The number of halogens is 1. The number of nitrogens with zero attached hydrogens (tertiary/aromatic N) is 2. The number of likely N-dealkylation sites (N-methyl/N-ethyl adjacent to an activating group) is 1. The number of hydrogen-bond donors (Lipinski definition) is 1. The van der Waals surface area contributed by atoms with Gasteiger partial charge in [-0.1, -0.05) is 23.7 Å². The fourth-order valence-electron chi connectivity index (χ4n) is 2.04. The van der Waals surface area contributed by atoms with Crippen molar-refractivity contribution in [2.75, 3.05) is 18.6 Å². The second kappa shape index (κ2) is 8.34. The van der Waals surface area contributed by atoms with Crippen molar-refractivity contribution in [2.45, 2.75) is 24.4 Å². The van der Waals surface area contributed by atoms with Crippen LogP contribution >= 0.6 is 23.4 Å². The van der Waals surface area contributed by atoms with Crippen molar-refractivity contribution in [1.29, 1.82) is 0 Å². The van der Waals surface area contributed by atoms with E-state index >= 15 is 0 Å². The van der Waals surface area contributed by atoms with Gasteiger partial charge in [0.25, 0.3) is 0 Å². The maximum Gasteiger partial charge on any atom is 0.242 e. The maximum atomic E-state index is 12.3. The fraction of sp³-hybridized carbons (Fsp3) is 0.294. The molecule has 6 heteroatoms. The molecule has 0 aliphatic rings. The lowest BCUT2D eigenvalue weighted by Gasteiger charge is -2.23. The van der Waals surface area contributed by atoms with Gasteiger partial charge in [-0.05, 0) is 50.1 Å². The highest BCUT2D eigenvalue weighted by Crippen LogP contribution is 2.16. The third kappa shape index (κ3) is 5.23. The van der Waals surface area contributed by atoms with E-state index in [0.29, 0.717) is 17.4 Å². The third-order valence-corrected chi connectivity index (χ3v) is 4.58. The van der Waals surface area contributed by atoms with E-state index in [-0.39, 0.29) is 11.9 Å². The van der Waals surface area contributed by atoms with Crippen LogP contribution in [-0.4, -0.2) is 35.1 Å². The molecule has 122 valence electrons. The minimum Gasteiger partial charge on any atom is -0.309 e. The molecule has 0 fully saturated rings. The van der Waals surface area contributed by atoms with Crippen molar-refractivity contribution in [3.8, 4) is 0 Å². The van der Waals surface area contributed by atoms with Crippen molar-refractivity contribution in [3.63, 3.8) is 0 Å². The smallest absolute Gasteiger partial charge is 0.242 e. The molecular weight excluding hydrogens is 330 g/mol. The highest BCUT2D eigenvalue weighted by Gasteiger charge is 2.18. The number of pyridine rings is 1. The molecule has 1 N–H and O–H groups in total. The summed E-state index contributed by atoms with van der Waals surface area (Å²) in [5, 5.41) is 3.34. The number of aromatic nitrogens is 1. The van der Waals surface area contributed by atoms with E-state index in [0.717, 1.165) is 0 Å². The summed E-state index contributed by atoms with van der Waals surface area (Å²) in [6, 6.07) is 11.5. The van der Waals surface area contributed by atoms with Gasteiger partial charge in [-0.2, -0.15) is 0 Å². The van der Waals surface area contributed by atoms with E-state index < -0.39 is 0 Å². The van der Waals surface area contributed by atoms with Gasteiger partial charge in [-0.25, -0.2) is 4.98 Å². The third-order valence-electron chi connectivity index (χ3n) is 3.61. The van der Waals surface area contributed by atoms with E-state index in [2.05, 4.69) is 40.8 Å². The van der Waals surface area contributed by atoms with Crippen LogP contribution in [0.25, 0.3) is 0 Å². The maximum absolute atomic E-state index is 12.3. The summed E-state index contributed by atoms with van der Waals surface area (Å²) in [7, 11) is 1.93. The number of rotatable bonds is 6. The lowest BCUT2D eigenvalue weighted by atomic mass is 10.2. The molecule has 1 heterocycles. The SMILES string of the molecule is CSc1ccc(CN(C)[C@@H](C)C(=O)Nc2ccc(Cl)cn2)cc1. The van der Waals surface area contributed by atoms with Gasteiger partial charge in [0.15, 0.2) is 0 Å². The van der Waals surface area contributed by atoms with Gasteiger partial charge in [0.1, 0.15) is 5.82 Å². The summed E-state index contributed by atoms with van der Waals surface area (Å²) < 4.78 is 0. The Bertz CT molecular complexity index is 646. The summed E-state index contributed by atoms with van der Waals surface area (Å²) in [4.78, 5) is 19.6. The molecule has 1 aromatic carbocycles. The Hall–Kier alpha value is -1.56. The van der Waals surface area contributed by atoms with Crippen LogP contribution in [-0.2, 0) is 11.3 Å². The molecule has 0 aliphatic heterocycles. The first kappa shape index (κ1) is 17.8. The van der Waals surface area contributed by atoms with Crippen LogP contribution in [0, 0.1) is 0 Å². The summed E-state index contributed by atoms with van der Waals surface area (Å²) in [5.41, 5.74) is 1.18. The molecule has 0 radical (unpaired) electrons. The van der Waals surface area contributed by atoms with Crippen molar-refractivity contribution in [1.82, 2.24) is 9.88 Å². The van der Waals surface area contributed by atoms with Gasteiger partial charge in [0.05, 0.1) is 11.1 Å². The first-order valence-electron chi connectivity index (χ1n) is 7.25. The molecule has 0 saturated carbocycles. The summed E-state index contributed by atoms with van der Waals surface area (Å²) in [5.74, 6) is 0.409. The number of anilines is 1. The number of thioether (sulfide) groups is 1. The second-order valence-corrected chi connectivity index (χ2v) is 6.61. The van der Waals surface area contributed by atoms with Crippen LogP contribution in [0.5, 0.6) is 0 Å². The number of hydrogen-bond acceptors (Lipinski definition) is 4. The van der Waals surface area contributed by atoms with Crippen molar-refractivity contribution >= 4 is 35.1 Å². The van der Waals surface area contributed by atoms with E-state index in [4.69, 9.17) is 11.6 Å². The van der Waals surface area contributed by atoms with Gasteiger partial charge in [0, 0.05) is 17.6 Å². The number of carbonyl (C=O) groups excluding carboxylic acids is 1. The predicted molar refractivity (Wildman–Crippen MR) is 97.0 cm³/mol. The highest BCUT2D eigenvalue weighted by molar-refractivity contribution is 7.98. The number of nitrogens with one attached hydrogen (secondary N) is 1. The standard InChI is InChI=1S/C17H20ClN3OS/c1-12(17(22)20-16-9-6-14(18)10-19-16)21(2)11-13-4-7-15(23-3)8-5-13/h4-10,12H,11H2,1-3H3,(H,19,20,22)/t12-/m0/s1. The van der Waals surface area contributed by atoms with Crippen LogP contribution in [0.4, 0.5) is 5.82 Å². The Morgan fingerprint density at radius 1 is 1.30 bits per heavy atom. The second-order valence-electron chi connectivity index (χ2n) is 5.29. The van der Waals surface area contributed by atoms with Crippen LogP contribution in [0.1, 0.15) is 12.5 Å². The molecule has 23 heavy (non-hydrogen) atoms. The van der Waals surface area contributed by atoms with Gasteiger partial charge in [0.2, 0.25) is 5.91 Å². The number of amides is 1. The normalized spacial score (nSPS) is 12.2. The van der Waals surface area contributed by atoms with Crippen molar-refractivity contribution in [3.05, 3.63) is 53.2 Å². The zero-order chi connectivity index (χ0) is 16.8. The molecule has 0 spiro atoms. The Labute approximate surface area is 146 Å². The van der Waals surface area contributed by atoms with Crippen LogP contribution < -0.4 is 5.32 Å². The molecule has 0 aliphatic carbocycles. The van der Waals surface area contributed by atoms with E-state index in [9.17, 15) is 4.79 Å². The highest BCUT2D eigenvalue weighted by atomic mass is 35.5. The van der Waals surface area contributed by atoms with Crippen molar-refractivity contribution in [2.24, 2.45) is 0 Å². The summed E-state index contributed by atoms with van der Waals surface area (Å²) in [6.45, 7) is 2.58. The number of carbonyl (C=O) groups is 1. The van der Waals surface area contributed by atoms with Crippen molar-refractivity contribution < 1.29 is 4.79 Å². The first-order chi connectivity index (χ1) is 11.0. The molecule has 2 rings (SSSR count). The molecule has 1 amide bonds. The molecule has 2 aromatic rings. The van der Waals surface area contributed by atoms with Crippen LogP contribution in [0.15, 0.2) is 47.5 Å². The Morgan fingerprint density at radius 3 is 2.57 bits per heavy atom. The molecule has 1 atom stereocenters. The zero-order valence-corrected chi connectivity index (χ0v) is 15.0. The lowest BCUT2D eigenvalue weighted by molar-refractivity contribution is -0.120. The average molecular weight is 350 g/mol. The summed E-state index contributed by atoms with van der Waals surface area (Å²) in [6.07, 6.45) is 3.57. The monoisotopic (exact) mass is 349 g/mol. The first-order valence-corrected chi connectivity index (χ1v) is 8.85. The topological polar surface area (TPSA) is 45.2 Å². The molecule has 0 bridgehead atoms. The zero-order valence-electron chi connectivity index (χ0n) is 13.4. The van der Waals surface area contributed by atoms with Gasteiger partial charge in [-0.15, -0.1) is 11.8 Å². The Balaban J connectivity index is 1.93. The Morgan fingerprint density at radius 2 is 2.00 bits per heavy atom. The molecule has 0 unspecified atom stereocenters. The number of benzene rings is 1. The predicted octanol–water partition coefficient (Wildman–Crippen LogP) is 3.92. The van der Waals surface area contributed by atoms with Gasteiger partial charge < -0.3 is 5.32 Å². The molecule has 4 nitrogen and oxygen atoms in total. The molecular formula is C17H20ClN3OS. The van der Waals surface area contributed by atoms with E-state index in [1.54, 1.807) is 23.9 Å². The van der Waals surface area contributed by atoms with Gasteiger partial charge in [-0.3, -0.25) is 9.69 Å². The van der Waals surface area contributed by atoms with Crippen LogP contribution in [0.2, 0.25) is 5.02 Å². The van der Waals surface area contributed by atoms with Gasteiger partial charge >= 0.3 is 0 Å².